The number of nitrogens with one attached hydrogen (secondary N) is 1. The van der Waals surface area contributed by atoms with Crippen molar-refractivity contribution in [2.24, 2.45) is 5.92 Å². The van der Waals surface area contributed by atoms with Crippen molar-refractivity contribution in [3.63, 3.8) is 0 Å². The molecule has 122 valence electrons. The summed E-state index contributed by atoms with van der Waals surface area (Å²) in [5, 5.41) is 14.3. The van der Waals surface area contributed by atoms with E-state index in [2.05, 4.69) is 34.3 Å². The minimum atomic E-state index is -0.0269. The summed E-state index contributed by atoms with van der Waals surface area (Å²) in [6.45, 7) is 7.09. The lowest BCUT2D eigenvalue weighted by atomic mass is 10.2. The van der Waals surface area contributed by atoms with E-state index in [-0.39, 0.29) is 5.56 Å². The average Bonchev–Trinajstić information content (AvgIpc) is 3.10. The number of nitrogens with zero attached hydrogens (tertiary/aromatic N) is 4. The van der Waals surface area contributed by atoms with Gasteiger partial charge < -0.3 is 5.32 Å². The molecule has 0 amide bonds. The zero-order valence-corrected chi connectivity index (χ0v) is 15.5. The van der Waals surface area contributed by atoms with E-state index < -0.39 is 0 Å². The minimum absolute atomic E-state index is 0.0269. The van der Waals surface area contributed by atoms with Gasteiger partial charge in [-0.2, -0.15) is 0 Å². The van der Waals surface area contributed by atoms with Gasteiger partial charge in [0.15, 0.2) is 9.30 Å². The van der Waals surface area contributed by atoms with E-state index in [4.69, 9.17) is 0 Å². The quantitative estimate of drug-likeness (QED) is 0.674. The summed E-state index contributed by atoms with van der Waals surface area (Å²) in [5.41, 5.74) is 1.67. The first-order valence-corrected chi connectivity index (χ1v) is 9.88. The lowest BCUT2D eigenvalue weighted by molar-refractivity contribution is 0.687. The Morgan fingerprint density at radius 2 is 2.22 bits per heavy atom. The molecule has 0 bridgehead atoms. The Labute approximate surface area is 146 Å². The van der Waals surface area contributed by atoms with Crippen molar-refractivity contribution in [2.75, 3.05) is 11.9 Å². The fraction of sp³-hybridized carbons (Fsp3) is 0.429. The predicted molar refractivity (Wildman–Crippen MR) is 96.9 cm³/mol. The third kappa shape index (κ3) is 3.91. The molecule has 9 heteroatoms. The summed E-state index contributed by atoms with van der Waals surface area (Å²) in [6.07, 6.45) is 0. The van der Waals surface area contributed by atoms with Gasteiger partial charge in [0.2, 0.25) is 5.13 Å². The normalized spacial score (nSPS) is 11.5. The van der Waals surface area contributed by atoms with Crippen molar-refractivity contribution in [1.29, 1.82) is 0 Å². The number of hydrogen-bond acceptors (Lipinski definition) is 8. The lowest BCUT2D eigenvalue weighted by Gasteiger charge is -2.03. The van der Waals surface area contributed by atoms with Gasteiger partial charge in [0.1, 0.15) is 0 Å². The van der Waals surface area contributed by atoms with Gasteiger partial charge in [0, 0.05) is 29.4 Å². The van der Waals surface area contributed by atoms with Crippen LogP contribution in [-0.4, -0.2) is 26.1 Å². The molecule has 0 radical (unpaired) electrons. The summed E-state index contributed by atoms with van der Waals surface area (Å²) >= 11 is 4.56. The largest absolute Gasteiger partial charge is 0.360 e. The number of thioether (sulfide) groups is 1. The maximum Gasteiger partial charge on any atom is 0.258 e. The van der Waals surface area contributed by atoms with Gasteiger partial charge in [0.05, 0.1) is 5.69 Å². The third-order valence-electron chi connectivity index (χ3n) is 3.04. The van der Waals surface area contributed by atoms with Crippen molar-refractivity contribution < 1.29 is 0 Å². The van der Waals surface area contributed by atoms with Crippen molar-refractivity contribution >= 4 is 44.5 Å². The topological polar surface area (TPSA) is 72.2 Å². The fourth-order valence-electron chi connectivity index (χ4n) is 1.94. The Morgan fingerprint density at radius 3 is 3.00 bits per heavy atom. The van der Waals surface area contributed by atoms with E-state index in [1.807, 2.05) is 12.3 Å². The molecular formula is C14H17N5OS3. The number of aromatic nitrogens is 4. The molecule has 0 aliphatic carbocycles. The molecule has 23 heavy (non-hydrogen) atoms. The summed E-state index contributed by atoms with van der Waals surface area (Å²) in [4.78, 5) is 17.4. The van der Waals surface area contributed by atoms with Crippen LogP contribution in [0.5, 0.6) is 0 Å². The van der Waals surface area contributed by atoms with Crippen LogP contribution in [-0.2, 0) is 5.75 Å². The highest BCUT2D eigenvalue weighted by Crippen LogP contribution is 2.28. The second-order valence-corrected chi connectivity index (χ2v) is 8.55. The highest BCUT2D eigenvalue weighted by Gasteiger charge is 2.09. The van der Waals surface area contributed by atoms with Crippen molar-refractivity contribution in [3.05, 3.63) is 33.2 Å². The van der Waals surface area contributed by atoms with Crippen LogP contribution >= 0.6 is 34.4 Å². The minimum Gasteiger partial charge on any atom is -0.360 e. The van der Waals surface area contributed by atoms with Crippen LogP contribution in [0.4, 0.5) is 5.13 Å². The van der Waals surface area contributed by atoms with Crippen molar-refractivity contribution in [2.45, 2.75) is 30.9 Å². The van der Waals surface area contributed by atoms with Crippen LogP contribution in [0.1, 0.15) is 25.2 Å². The number of hydrogen-bond donors (Lipinski definition) is 1. The zero-order chi connectivity index (χ0) is 16.4. The maximum absolute atomic E-state index is 12.1. The summed E-state index contributed by atoms with van der Waals surface area (Å²) in [7, 11) is 0. The van der Waals surface area contributed by atoms with Gasteiger partial charge in [-0.15, -0.1) is 21.5 Å². The number of rotatable bonds is 6. The average molecular weight is 368 g/mol. The van der Waals surface area contributed by atoms with Gasteiger partial charge in [-0.3, -0.25) is 9.20 Å². The Morgan fingerprint density at radius 1 is 1.39 bits per heavy atom. The Balaban J connectivity index is 1.67. The summed E-state index contributed by atoms with van der Waals surface area (Å²) in [6, 6.07) is 1.60. The Hall–Kier alpha value is -1.45. The van der Waals surface area contributed by atoms with Gasteiger partial charge in [-0.05, 0) is 12.8 Å². The molecule has 0 aromatic carbocycles. The van der Waals surface area contributed by atoms with E-state index in [1.54, 1.807) is 22.2 Å². The molecule has 0 aliphatic rings. The molecule has 0 atom stereocenters. The number of thiazole rings is 1. The standard InChI is InChI=1S/C14H17N5OS3/c1-8(2)5-15-12-17-18-14(23-12)22-7-10-4-11(20)19-9(3)6-21-13(19)16-10/h4,6,8H,5,7H2,1-3H3,(H,15,17). The van der Waals surface area contributed by atoms with Crippen LogP contribution in [0.25, 0.3) is 4.96 Å². The Kier molecular flexibility index (Phi) is 4.98. The summed E-state index contributed by atoms with van der Waals surface area (Å²) < 4.78 is 2.51. The molecule has 0 unspecified atom stereocenters. The molecule has 0 spiro atoms. The van der Waals surface area contributed by atoms with Crippen molar-refractivity contribution in [3.8, 4) is 0 Å². The molecule has 3 aromatic rings. The lowest BCUT2D eigenvalue weighted by Crippen LogP contribution is -2.14. The van der Waals surface area contributed by atoms with Crippen LogP contribution in [0.2, 0.25) is 0 Å². The molecule has 1 N–H and O–H groups in total. The Bertz CT molecular complexity index is 867. The fourth-order valence-corrected chi connectivity index (χ4v) is 4.48. The molecule has 0 saturated carbocycles. The van der Waals surface area contributed by atoms with Crippen molar-refractivity contribution in [1.82, 2.24) is 19.6 Å². The molecule has 0 aliphatic heterocycles. The third-order valence-corrected chi connectivity index (χ3v) is 6.03. The maximum atomic E-state index is 12.1. The van der Waals surface area contributed by atoms with Crippen LogP contribution in [0, 0.1) is 12.8 Å². The number of aryl methyl sites for hydroxylation is 1. The molecule has 0 fully saturated rings. The highest BCUT2D eigenvalue weighted by atomic mass is 32.2. The van der Waals surface area contributed by atoms with Gasteiger partial charge >= 0.3 is 0 Å². The van der Waals surface area contributed by atoms with Gasteiger partial charge in [0.25, 0.3) is 5.56 Å². The first-order valence-electron chi connectivity index (χ1n) is 7.20. The second-order valence-electron chi connectivity index (χ2n) is 5.52. The summed E-state index contributed by atoms with van der Waals surface area (Å²) in [5.74, 6) is 1.18. The zero-order valence-electron chi connectivity index (χ0n) is 13.1. The SMILES string of the molecule is Cc1csc2nc(CSc3nnc(NCC(C)C)s3)cc(=O)n12. The molecule has 0 saturated heterocycles. The van der Waals surface area contributed by atoms with Crippen LogP contribution < -0.4 is 10.9 Å². The van der Waals surface area contributed by atoms with Gasteiger partial charge in [-0.1, -0.05) is 36.9 Å². The number of fused-ring (bicyclic) bond motifs is 1. The van der Waals surface area contributed by atoms with E-state index in [9.17, 15) is 4.79 Å². The smallest absolute Gasteiger partial charge is 0.258 e. The first kappa shape index (κ1) is 16.4. The first-order chi connectivity index (χ1) is 11.0. The van der Waals surface area contributed by atoms with E-state index in [1.165, 1.54) is 22.7 Å². The second kappa shape index (κ2) is 6.98. The molecule has 6 nitrogen and oxygen atoms in total. The molecule has 3 rings (SSSR count). The van der Waals surface area contributed by atoms with E-state index >= 15 is 0 Å². The predicted octanol–water partition coefficient (Wildman–Crippen LogP) is 3.28. The van der Waals surface area contributed by atoms with Crippen LogP contribution in [0.3, 0.4) is 0 Å². The molecule has 3 heterocycles. The molecule has 3 aromatic heterocycles. The van der Waals surface area contributed by atoms with E-state index in [0.29, 0.717) is 11.7 Å². The number of anilines is 1. The van der Waals surface area contributed by atoms with Gasteiger partial charge in [-0.25, -0.2) is 4.98 Å². The molecular weight excluding hydrogens is 350 g/mol. The monoisotopic (exact) mass is 367 g/mol. The van der Waals surface area contributed by atoms with Crippen LogP contribution in [0.15, 0.2) is 20.6 Å². The highest BCUT2D eigenvalue weighted by molar-refractivity contribution is 8.00. The van der Waals surface area contributed by atoms with E-state index in [0.717, 1.165) is 32.4 Å².